The molecule has 0 spiro atoms. The SMILES string of the molecule is COC(=O)c1c(F)cccc1-c1ccc(CNC(=O)C2CC2/C=C/c2ccc(C=O)cc2)c(F)c1. The number of carbonyl (C=O) groups is 3. The van der Waals surface area contributed by atoms with Crippen LogP contribution in [0.1, 0.15) is 38.3 Å². The number of nitrogens with one attached hydrogen (secondary N) is 1. The Morgan fingerprint density at radius 3 is 2.46 bits per heavy atom. The maximum absolute atomic E-state index is 14.8. The molecule has 1 fully saturated rings. The zero-order valence-corrected chi connectivity index (χ0v) is 19.0. The molecule has 0 aliphatic heterocycles. The Labute approximate surface area is 201 Å². The van der Waals surface area contributed by atoms with E-state index in [9.17, 15) is 23.2 Å². The maximum atomic E-state index is 14.8. The molecule has 1 amide bonds. The number of amides is 1. The zero-order chi connectivity index (χ0) is 24.9. The number of methoxy groups -OCH3 is 1. The van der Waals surface area contributed by atoms with Crippen LogP contribution in [-0.2, 0) is 16.1 Å². The molecular formula is C28H23F2NO4. The van der Waals surface area contributed by atoms with Gasteiger partial charge in [-0.05, 0) is 41.2 Å². The van der Waals surface area contributed by atoms with Gasteiger partial charge in [0.05, 0.1) is 7.11 Å². The third kappa shape index (κ3) is 5.51. The van der Waals surface area contributed by atoms with Gasteiger partial charge in [0.2, 0.25) is 5.91 Å². The Balaban J connectivity index is 1.37. The molecule has 1 saturated carbocycles. The monoisotopic (exact) mass is 475 g/mol. The molecule has 3 aromatic rings. The Hall–Kier alpha value is -4.13. The summed E-state index contributed by atoms with van der Waals surface area (Å²) < 4.78 is 33.6. The quantitative estimate of drug-likeness (QED) is 0.359. The molecule has 0 saturated heterocycles. The second kappa shape index (κ2) is 10.4. The van der Waals surface area contributed by atoms with Gasteiger partial charge in [-0.25, -0.2) is 13.6 Å². The van der Waals surface area contributed by atoms with Crippen molar-refractivity contribution < 1.29 is 27.9 Å². The zero-order valence-electron chi connectivity index (χ0n) is 19.0. The number of allylic oxidation sites excluding steroid dienone is 1. The minimum Gasteiger partial charge on any atom is -0.465 e. The lowest BCUT2D eigenvalue weighted by Gasteiger charge is -2.11. The highest BCUT2D eigenvalue weighted by Crippen LogP contribution is 2.40. The van der Waals surface area contributed by atoms with Gasteiger partial charge < -0.3 is 10.1 Å². The highest BCUT2D eigenvalue weighted by molar-refractivity contribution is 5.97. The van der Waals surface area contributed by atoms with E-state index in [1.165, 1.54) is 24.3 Å². The van der Waals surface area contributed by atoms with Crippen molar-refractivity contribution in [1.29, 1.82) is 0 Å². The summed E-state index contributed by atoms with van der Waals surface area (Å²) in [4.78, 5) is 35.2. The number of halogens is 2. The smallest absolute Gasteiger partial charge is 0.341 e. The van der Waals surface area contributed by atoms with E-state index >= 15 is 0 Å². The fraction of sp³-hybridized carbons (Fsp3) is 0.179. The molecule has 2 atom stereocenters. The average molecular weight is 475 g/mol. The Kier molecular flexibility index (Phi) is 7.15. The molecule has 178 valence electrons. The van der Waals surface area contributed by atoms with E-state index in [1.807, 2.05) is 24.3 Å². The van der Waals surface area contributed by atoms with E-state index in [0.29, 0.717) is 17.5 Å². The summed E-state index contributed by atoms with van der Waals surface area (Å²) in [7, 11) is 1.15. The van der Waals surface area contributed by atoms with Gasteiger partial charge in [0, 0.05) is 23.6 Å². The lowest BCUT2D eigenvalue weighted by Crippen LogP contribution is -2.25. The predicted molar refractivity (Wildman–Crippen MR) is 127 cm³/mol. The van der Waals surface area contributed by atoms with Crippen molar-refractivity contribution in [2.75, 3.05) is 7.11 Å². The predicted octanol–water partition coefficient (Wildman–Crippen LogP) is 5.20. The molecule has 5 nitrogen and oxygen atoms in total. The Morgan fingerprint density at radius 1 is 1.03 bits per heavy atom. The number of esters is 1. The lowest BCUT2D eigenvalue weighted by atomic mass is 9.98. The topological polar surface area (TPSA) is 72.5 Å². The summed E-state index contributed by atoms with van der Waals surface area (Å²) in [6.07, 6.45) is 5.38. The van der Waals surface area contributed by atoms with Crippen LogP contribution < -0.4 is 5.32 Å². The van der Waals surface area contributed by atoms with Crippen LogP contribution in [0.3, 0.4) is 0 Å². The number of ether oxygens (including phenoxy) is 1. The standard InChI is InChI=1S/C28H23F2NO4/c1-35-28(34)26-22(3-2-4-24(26)29)20-11-12-21(25(30)14-20)15-31-27(33)23-13-19(23)10-9-17-5-7-18(16-32)8-6-17/h2-12,14,16,19,23H,13,15H2,1H3,(H,31,33)/b10-9+. The molecular weight excluding hydrogens is 452 g/mol. The van der Waals surface area contributed by atoms with Gasteiger partial charge in [0.1, 0.15) is 23.5 Å². The van der Waals surface area contributed by atoms with Crippen LogP contribution in [0.4, 0.5) is 8.78 Å². The number of aldehydes is 1. The molecule has 7 heteroatoms. The lowest BCUT2D eigenvalue weighted by molar-refractivity contribution is -0.122. The number of benzene rings is 3. The van der Waals surface area contributed by atoms with Gasteiger partial charge in [0.25, 0.3) is 0 Å². The molecule has 35 heavy (non-hydrogen) atoms. The van der Waals surface area contributed by atoms with Crippen LogP contribution in [0.15, 0.2) is 66.7 Å². The Bertz CT molecular complexity index is 1300. The fourth-order valence-corrected chi connectivity index (χ4v) is 3.90. The highest BCUT2D eigenvalue weighted by atomic mass is 19.1. The highest BCUT2D eigenvalue weighted by Gasteiger charge is 2.40. The first-order valence-corrected chi connectivity index (χ1v) is 11.1. The second-order valence-electron chi connectivity index (χ2n) is 8.33. The average Bonchev–Trinajstić information content (AvgIpc) is 3.66. The molecule has 4 rings (SSSR count). The van der Waals surface area contributed by atoms with E-state index in [4.69, 9.17) is 0 Å². The number of carbonyl (C=O) groups excluding carboxylic acids is 3. The van der Waals surface area contributed by atoms with Crippen LogP contribution in [0.25, 0.3) is 17.2 Å². The van der Waals surface area contributed by atoms with Gasteiger partial charge in [-0.3, -0.25) is 9.59 Å². The van der Waals surface area contributed by atoms with E-state index < -0.39 is 17.6 Å². The van der Waals surface area contributed by atoms with Crippen molar-refractivity contribution in [2.24, 2.45) is 11.8 Å². The van der Waals surface area contributed by atoms with Crippen molar-refractivity contribution >= 4 is 24.2 Å². The number of hydrogen-bond acceptors (Lipinski definition) is 4. The van der Waals surface area contributed by atoms with Crippen molar-refractivity contribution in [3.63, 3.8) is 0 Å². The van der Waals surface area contributed by atoms with Crippen molar-refractivity contribution in [1.82, 2.24) is 5.32 Å². The summed E-state index contributed by atoms with van der Waals surface area (Å²) in [5.74, 6) is -2.39. The van der Waals surface area contributed by atoms with Gasteiger partial charge >= 0.3 is 5.97 Å². The molecule has 2 unspecified atom stereocenters. The first-order chi connectivity index (χ1) is 16.9. The summed E-state index contributed by atoms with van der Waals surface area (Å²) in [6, 6.07) is 15.5. The van der Waals surface area contributed by atoms with Crippen molar-refractivity contribution in [2.45, 2.75) is 13.0 Å². The van der Waals surface area contributed by atoms with Gasteiger partial charge in [0.15, 0.2) is 0 Å². The first-order valence-electron chi connectivity index (χ1n) is 11.1. The fourth-order valence-electron chi connectivity index (χ4n) is 3.90. The van der Waals surface area contributed by atoms with Crippen LogP contribution in [0.5, 0.6) is 0 Å². The molecule has 0 aromatic heterocycles. The van der Waals surface area contributed by atoms with E-state index in [1.54, 1.807) is 18.2 Å². The minimum atomic E-state index is -0.846. The summed E-state index contributed by atoms with van der Waals surface area (Å²) >= 11 is 0. The molecule has 0 bridgehead atoms. The number of hydrogen-bond donors (Lipinski definition) is 1. The summed E-state index contributed by atoms with van der Waals surface area (Å²) in [5.41, 5.74) is 2.11. The van der Waals surface area contributed by atoms with E-state index in [-0.39, 0.29) is 41.0 Å². The maximum Gasteiger partial charge on any atom is 0.341 e. The molecule has 1 N–H and O–H groups in total. The summed E-state index contributed by atoms with van der Waals surface area (Å²) in [6.45, 7) is 0.0120. The molecule has 0 radical (unpaired) electrons. The third-order valence-electron chi connectivity index (χ3n) is 6.01. The van der Waals surface area contributed by atoms with Gasteiger partial charge in [-0.2, -0.15) is 0 Å². The number of rotatable bonds is 8. The molecule has 1 aliphatic carbocycles. The molecule has 1 aliphatic rings. The second-order valence-corrected chi connectivity index (χ2v) is 8.33. The third-order valence-corrected chi connectivity index (χ3v) is 6.01. The van der Waals surface area contributed by atoms with Gasteiger partial charge in [-0.1, -0.05) is 60.7 Å². The normalized spacial score (nSPS) is 16.7. The first kappa shape index (κ1) is 24.0. The summed E-state index contributed by atoms with van der Waals surface area (Å²) in [5, 5.41) is 2.77. The van der Waals surface area contributed by atoms with Crippen molar-refractivity contribution in [3.05, 3.63) is 101 Å². The van der Waals surface area contributed by atoms with Gasteiger partial charge in [-0.15, -0.1) is 0 Å². The van der Waals surface area contributed by atoms with Crippen LogP contribution in [0, 0.1) is 23.5 Å². The molecule has 0 heterocycles. The van der Waals surface area contributed by atoms with E-state index in [0.717, 1.165) is 25.0 Å². The van der Waals surface area contributed by atoms with Crippen LogP contribution in [-0.4, -0.2) is 25.3 Å². The minimum absolute atomic E-state index is 0.0120. The van der Waals surface area contributed by atoms with Crippen LogP contribution in [0.2, 0.25) is 0 Å². The molecule has 3 aromatic carbocycles. The Morgan fingerprint density at radius 2 is 1.77 bits per heavy atom. The van der Waals surface area contributed by atoms with E-state index in [2.05, 4.69) is 10.1 Å². The largest absolute Gasteiger partial charge is 0.465 e. The van der Waals surface area contributed by atoms with Crippen molar-refractivity contribution in [3.8, 4) is 11.1 Å². The van der Waals surface area contributed by atoms with Crippen LogP contribution >= 0.6 is 0 Å².